The van der Waals surface area contributed by atoms with E-state index >= 15 is 0 Å². The molecule has 22 heavy (non-hydrogen) atoms. The summed E-state index contributed by atoms with van der Waals surface area (Å²) < 4.78 is 0. The van der Waals surface area contributed by atoms with Crippen molar-refractivity contribution in [1.82, 2.24) is 15.3 Å². The fourth-order valence-electron chi connectivity index (χ4n) is 2.59. The Morgan fingerprint density at radius 3 is 2.64 bits per heavy atom. The van der Waals surface area contributed by atoms with Gasteiger partial charge in [0.1, 0.15) is 11.6 Å². The number of rotatable bonds is 4. The summed E-state index contributed by atoms with van der Waals surface area (Å²) in [6.45, 7) is 2.21. The van der Waals surface area contributed by atoms with Crippen LogP contribution in [-0.2, 0) is 6.54 Å². The highest BCUT2D eigenvalue weighted by atomic mass is 16.1. The van der Waals surface area contributed by atoms with Crippen molar-refractivity contribution in [3.8, 4) is 0 Å². The van der Waals surface area contributed by atoms with Crippen LogP contribution >= 0.6 is 0 Å². The predicted molar refractivity (Wildman–Crippen MR) is 85.4 cm³/mol. The molecule has 5 heteroatoms. The van der Waals surface area contributed by atoms with E-state index in [1.165, 1.54) is 31.0 Å². The molecule has 1 amide bonds. The molecule has 0 atom stereocenters. The van der Waals surface area contributed by atoms with Crippen molar-refractivity contribution in [3.63, 3.8) is 0 Å². The minimum Gasteiger partial charge on any atom is -0.383 e. The van der Waals surface area contributed by atoms with Gasteiger partial charge in [-0.05, 0) is 36.8 Å². The molecule has 0 unspecified atom stereocenters. The lowest BCUT2D eigenvalue weighted by atomic mass is 9.80. The van der Waals surface area contributed by atoms with Gasteiger partial charge in [-0.15, -0.1) is 0 Å². The molecule has 2 aromatic rings. The Kier molecular flexibility index (Phi) is 4.04. The molecular weight excluding hydrogens is 276 g/mol. The number of aromatic nitrogens is 2. The fraction of sp³-hybridized carbons (Fsp3) is 0.353. The number of nitrogen functional groups attached to an aromatic ring is 1. The number of carbonyl (C=O) groups is 1. The summed E-state index contributed by atoms with van der Waals surface area (Å²) >= 11 is 0. The van der Waals surface area contributed by atoms with Gasteiger partial charge in [0.15, 0.2) is 0 Å². The van der Waals surface area contributed by atoms with Crippen LogP contribution in [0.4, 0.5) is 5.82 Å². The monoisotopic (exact) mass is 296 g/mol. The summed E-state index contributed by atoms with van der Waals surface area (Å²) in [6, 6.07) is 8.47. The lowest BCUT2D eigenvalue weighted by molar-refractivity contribution is 0.0951. The van der Waals surface area contributed by atoms with Crippen molar-refractivity contribution in [2.24, 2.45) is 0 Å². The number of hydrogen-bond acceptors (Lipinski definition) is 4. The van der Waals surface area contributed by atoms with E-state index in [1.54, 1.807) is 6.92 Å². The minimum absolute atomic E-state index is 0.213. The molecule has 1 fully saturated rings. The zero-order valence-electron chi connectivity index (χ0n) is 12.7. The second-order valence-electron chi connectivity index (χ2n) is 5.77. The molecule has 1 aromatic carbocycles. The Morgan fingerprint density at radius 1 is 1.32 bits per heavy atom. The topological polar surface area (TPSA) is 80.9 Å². The van der Waals surface area contributed by atoms with E-state index in [2.05, 4.69) is 39.6 Å². The molecule has 114 valence electrons. The number of nitrogens with one attached hydrogen (secondary N) is 1. The third-order valence-corrected chi connectivity index (χ3v) is 4.19. The molecule has 3 N–H and O–H groups in total. The maximum atomic E-state index is 12.1. The highest BCUT2D eigenvalue weighted by Crippen LogP contribution is 2.36. The van der Waals surface area contributed by atoms with E-state index in [9.17, 15) is 4.79 Å². The van der Waals surface area contributed by atoms with Crippen LogP contribution in [0.2, 0.25) is 0 Å². The largest absolute Gasteiger partial charge is 0.383 e. The van der Waals surface area contributed by atoms with Crippen molar-refractivity contribution >= 4 is 11.7 Å². The predicted octanol–water partition coefficient (Wildman–Crippen LogP) is 2.56. The average molecular weight is 296 g/mol. The lowest BCUT2D eigenvalue weighted by Crippen LogP contribution is -2.24. The van der Waals surface area contributed by atoms with Crippen LogP contribution in [0.5, 0.6) is 0 Å². The van der Waals surface area contributed by atoms with Gasteiger partial charge in [-0.1, -0.05) is 30.7 Å². The third-order valence-electron chi connectivity index (χ3n) is 4.19. The number of anilines is 1. The Labute approximate surface area is 130 Å². The first-order chi connectivity index (χ1) is 10.6. The van der Waals surface area contributed by atoms with Crippen LogP contribution in [0.15, 0.2) is 30.5 Å². The quantitative estimate of drug-likeness (QED) is 0.908. The molecular formula is C17H20N4O. The molecule has 5 nitrogen and oxygen atoms in total. The van der Waals surface area contributed by atoms with Crippen LogP contribution in [-0.4, -0.2) is 15.9 Å². The molecule has 0 aliphatic heterocycles. The first-order valence-corrected chi connectivity index (χ1v) is 7.59. The number of nitrogens with zero attached hydrogens (tertiary/aromatic N) is 2. The molecule has 1 aromatic heterocycles. The van der Waals surface area contributed by atoms with Gasteiger partial charge in [0, 0.05) is 12.7 Å². The van der Waals surface area contributed by atoms with Gasteiger partial charge in [-0.2, -0.15) is 0 Å². The SMILES string of the molecule is Cc1ncc(C(=O)NCc2ccc(C3CCC3)cc2)c(N)n1. The van der Waals surface area contributed by atoms with E-state index < -0.39 is 0 Å². The van der Waals surface area contributed by atoms with Gasteiger partial charge in [0.2, 0.25) is 0 Å². The molecule has 1 saturated carbocycles. The number of aryl methyl sites for hydroxylation is 1. The second-order valence-corrected chi connectivity index (χ2v) is 5.77. The first kappa shape index (κ1) is 14.5. The Hall–Kier alpha value is -2.43. The lowest BCUT2D eigenvalue weighted by Gasteiger charge is -2.25. The van der Waals surface area contributed by atoms with E-state index in [1.807, 2.05) is 0 Å². The Balaban J connectivity index is 1.60. The highest BCUT2D eigenvalue weighted by Gasteiger charge is 2.19. The molecule has 1 heterocycles. The van der Waals surface area contributed by atoms with Crippen LogP contribution in [0, 0.1) is 6.92 Å². The van der Waals surface area contributed by atoms with E-state index in [-0.39, 0.29) is 11.7 Å². The summed E-state index contributed by atoms with van der Waals surface area (Å²) in [6.07, 6.45) is 5.39. The number of carbonyl (C=O) groups excluding carboxylic acids is 1. The smallest absolute Gasteiger partial charge is 0.256 e. The molecule has 0 saturated heterocycles. The fourth-order valence-corrected chi connectivity index (χ4v) is 2.59. The molecule has 0 spiro atoms. The molecule has 0 bridgehead atoms. The standard InChI is InChI=1S/C17H20N4O/c1-11-19-10-15(16(18)21-11)17(22)20-9-12-5-7-14(8-6-12)13-3-2-4-13/h5-8,10,13H,2-4,9H2,1H3,(H,20,22)(H2,18,19,21). The molecule has 3 rings (SSSR count). The molecule has 0 radical (unpaired) electrons. The Bertz CT molecular complexity index is 678. The van der Waals surface area contributed by atoms with E-state index in [4.69, 9.17) is 5.73 Å². The van der Waals surface area contributed by atoms with Crippen LogP contribution in [0.25, 0.3) is 0 Å². The minimum atomic E-state index is -0.249. The summed E-state index contributed by atoms with van der Waals surface area (Å²) in [5, 5.41) is 2.85. The van der Waals surface area contributed by atoms with Gasteiger partial charge in [0.05, 0.1) is 5.56 Å². The number of amides is 1. The van der Waals surface area contributed by atoms with E-state index in [0.717, 1.165) is 11.5 Å². The van der Waals surface area contributed by atoms with Crippen molar-refractivity contribution in [1.29, 1.82) is 0 Å². The summed E-state index contributed by atoms with van der Waals surface area (Å²) in [5.41, 5.74) is 8.54. The highest BCUT2D eigenvalue weighted by molar-refractivity contribution is 5.97. The Morgan fingerprint density at radius 2 is 2.05 bits per heavy atom. The normalized spacial score (nSPS) is 14.4. The van der Waals surface area contributed by atoms with Gasteiger partial charge in [-0.25, -0.2) is 9.97 Å². The van der Waals surface area contributed by atoms with E-state index in [0.29, 0.717) is 17.9 Å². The third kappa shape index (κ3) is 3.08. The average Bonchev–Trinajstić information content (AvgIpc) is 2.44. The van der Waals surface area contributed by atoms with Crippen molar-refractivity contribution in [2.45, 2.75) is 38.6 Å². The molecule has 1 aliphatic rings. The van der Waals surface area contributed by atoms with Crippen LogP contribution in [0.3, 0.4) is 0 Å². The number of benzene rings is 1. The van der Waals surface area contributed by atoms with Crippen LogP contribution in [0.1, 0.15) is 52.5 Å². The summed E-state index contributed by atoms with van der Waals surface area (Å²) in [4.78, 5) is 20.1. The maximum absolute atomic E-state index is 12.1. The number of hydrogen-bond donors (Lipinski definition) is 2. The van der Waals surface area contributed by atoms with Crippen LogP contribution < -0.4 is 11.1 Å². The summed E-state index contributed by atoms with van der Waals surface area (Å²) in [7, 11) is 0. The number of nitrogens with two attached hydrogens (primary N) is 1. The zero-order valence-corrected chi connectivity index (χ0v) is 12.7. The van der Waals surface area contributed by atoms with Gasteiger partial charge >= 0.3 is 0 Å². The van der Waals surface area contributed by atoms with Crippen molar-refractivity contribution in [3.05, 3.63) is 53.0 Å². The van der Waals surface area contributed by atoms with Gasteiger partial charge in [-0.3, -0.25) is 4.79 Å². The van der Waals surface area contributed by atoms with Crippen molar-refractivity contribution < 1.29 is 4.79 Å². The summed E-state index contributed by atoms with van der Waals surface area (Å²) in [5.74, 6) is 1.25. The van der Waals surface area contributed by atoms with Crippen molar-refractivity contribution in [2.75, 3.05) is 5.73 Å². The maximum Gasteiger partial charge on any atom is 0.256 e. The zero-order chi connectivity index (χ0) is 15.5. The second kappa shape index (κ2) is 6.13. The molecule has 1 aliphatic carbocycles. The first-order valence-electron chi connectivity index (χ1n) is 7.59. The van der Waals surface area contributed by atoms with Gasteiger partial charge in [0.25, 0.3) is 5.91 Å². The van der Waals surface area contributed by atoms with Gasteiger partial charge < -0.3 is 11.1 Å².